The number of imidazole rings is 1. The van der Waals surface area contributed by atoms with Crippen LogP contribution in [-0.4, -0.2) is 59.5 Å². The molecule has 4 heterocycles. The fourth-order valence-electron chi connectivity index (χ4n) is 4.80. The quantitative estimate of drug-likeness (QED) is 0.366. The van der Waals surface area contributed by atoms with Gasteiger partial charge in [0.25, 0.3) is 5.91 Å². The van der Waals surface area contributed by atoms with Crippen LogP contribution < -0.4 is 10.6 Å². The SMILES string of the molecule is C1CCNC1.O=C(NCCCN1CCCCC1)c1ccc2c(c1)sc1nc(-c3ccccc3)cn12. The maximum Gasteiger partial charge on any atom is 0.251 e. The summed E-state index contributed by atoms with van der Waals surface area (Å²) in [6.07, 6.45) is 9.83. The molecule has 2 fully saturated rings. The number of benzene rings is 2. The zero-order chi connectivity index (χ0) is 23.9. The Morgan fingerprint density at radius 1 is 1.00 bits per heavy atom. The summed E-state index contributed by atoms with van der Waals surface area (Å²) >= 11 is 1.62. The van der Waals surface area contributed by atoms with Gasteiger partial charge >= 0.3 is 0 Å². The number of rotatable bonds is 6. The van der Waals surface area contributed by atoms with Gasteiger partial charge in [0.05, 0.1) is 15.9 Å². The van der Waals surface area contributed by atoms with Crippen LogP contribution in [-0.2, 0) is 0 Å². The lowest BCUT2D eigenvalue weighted by Crippen LogP contribution is -2.33. The molecule has 1 amide bonds. The van der Waals surface area contributed by atoms with E-state index in [4.69, 9.17) is 4.98 Å². The summed E-state index contributed by atoms with van der Waals surface area (Å²) in [5, 5.41) is 6.30. The van der Waals surface area contributed by atoms with Crippen molar-refractivity contribution in [3.05, 3.63) is 60.3 Å². The minimum Gasteiger partial charge on any atom is -0.352 e. The van der Waals surface area contributed by atoms with E-state index in [1.165, 1.54) is 58.3 Å². The van der Waals surface area contributed by atoms with Crippen LogP contribution in [0.5, 0.6) is 0 Å². The second kappa shape index (κ2) is 11.8. The minimum absolute atomic E-state index is 0.00607. The normalized spacial score (nSPS) is 16.3. The van der Waals surface area contributed by atoms with Crippen molar-refractivity contribution >= 4 is 32.4 Å². The Bertz CT molecular complexity index is 1230. The van der Waals surface area contributed by atoms with Crippen molar-refractivity contribution in [2.24, 2.45) is 0 Å². The lowest BCUT2D eigenvalue weighted by Gasteiger charge is -2.26. The standard InChI is InChI=1S/C24H26N4OS.C4H9N/c29-23(25-12-7-15-27-13-5-2-6-14-27)19-10-11-21-22(16-19)30-24-26-20(17-28(21)24)18-8-3-1-4-9-18;1-2-4-5-3-1/h1,3-4,8-11,16-17H,2,5-7,12-15H2,(H,25,29);5H,1-4H2. The smallest absolute Gasteiger partial charge is 0.251 e. The van der Waals surface area contributed by atoms with Gasteiger partial charge in [0.15, 0.2) is 4.96 Å². The highest BCUT2D eigenvalue weighted by Gasteiger charge is 2.13. The van der Waals surface area contributed by atoms with E-state index in [1.54, 1.807) is 11.3 Å². The largest absolute Gasteiger partial charge is 0.352 e. The topological polar surface area (TPSA) is 61.7 Å². The molecule has 0 unspecified atom stereocenters. The molecule has 2 aromatic heterocycles. The number of hydrogen-bond acceptors (Lipinski definition) is 5. The first-order valence-corrected chi connectivity index (χ1v) is 13.8. The van der Waals surface area contributed by atoms with Crippen LogP contribution in [0.1, 0.15) is 48.9 Å². The van der Waals surface area contributed by atoms with Gasteiger partial charge in [-0.05, 0) is 83.0 Å². The number of nitrogens with zero attached hydrogens (tertiary/aromatic N) is 3. The van der Waals surface area contributed by atoms with Gasteiger partial charge in [0.2, 0.25) is 0 Å². The Hall–Kier alpha value is -2.74. The molecule has 6 rings (SSSR count). The zero-order valence-corrected chi connectivity index (χ0v) is 21.2. The monoisotopic (exact) mass is 489 g/mol. The minimum atomic E-state index is 0.00607. The van der Waals surface area contributed by atoms with Gasteiger partial charge in [0, 0.05) is 23.9 Å². The van der Waals surface area contributed by atoms with E-state index in [0.29, 0.717) is 5.56 Å². The molecular weight excluding hydrogens is 454 g/mol. The third kappa shape index (κ3) is 6.10. The van der Waals surface area contributed by atoms with Crippen LogP contribution in [0.2, 0.25) is 0 Å². The van der Waals surface area contributed by atoms with Gasteiger partial charge in [-0.3, -0.25) is 9.20 Å². The van der Waals surface area contributed by atoms with E-state index in [2.05, 4.69) is 38.3 Å². The van der Waals surface area contributed by atoms with Crippen LogP contribution >= 0.6 is 11.3 Å². The van der Waals surface area contributed by atoms with E-state index in [1.807, 2.05) is 36.4 Å². The highest BCUT2D eigenvalue weighted by molar-refractivity contribution is 7.23. The van der Waals surface area contributed by atoms with Crippen LogP contribution in [0.3, 0.4) is 0 Å². The molecule has 2 aliphatic rings. The summed E-state index contributed by atoms with van der Waals surface area (Å²) in [5.74, 6) is 0.00607. The Balaban J connectivity index is 0.000000453. The van der Waals surface area contributed by atoms with Crippen molar-refractivity contribution in [1.29, 1.82) is 0 Å². The fourth-order valence-corrected chi connectivity index (χ4v) is 5.85. The van der Waals surface area contributed by atoms with E-state index in [0.717, 1.165) is 45.9 Å². The van der Waals surface area contributed by atoms with Crippen molar-refractivity contribution in [1.82, 2.24) is 24.9 Å². The third-order valence-corrected chi connectivity index (χ3v) is 7.79. The molecule has 2 N–H and O–H groups in total. The Kier molecular flexibility index (Phi) is 8.08. The summed E-state index contributed by atoms with van der Waals surface area (Å²) in [4.78, 5) is 20.8. The molecule has 0 spiro atoms. The van der Waals surface area contributed by atoms with Gasteiger partial charge in [-0.2, -0.15) is 0 Å². The molecule has 35 heavy (non-hydrogen) atoms. The molecule has 6 nitrogen and oxygen atoms in total. The van der Waals surface area contributed by atoms with Gasteiger partial charge in [-0.25, -0.2) is 4.98 Å². The van der Waals surface area contributed by atoms with Crippen LogP contribution in [0.25, 0.3) is 26.4 Å². The molecule has 184 valence electrons. The molecule has 2 saturated heterocycles. The maximum atomic E-state index is 12.6. The van der Waals surface area contributed by atoms with Crippen LogP contribution in [0.4, 0.5) is 0 Å². The number of fused-ring (bicyclic) bond motifs is 3. The Morgan fingerprint density at radius 2 is 1.80 bits per heavy atom. The number of piperidine rings is 1. The highest BCUT2D eigenvalue weighted by atomic mass is 32.1. The Labute approximate surface area is 211 Å². The van der Waals surface area contributed by atoms with E-state index in [-0.39, 0.29) is 5.91 Å². The summed E-state index contributed by atoms with van der Waals surface area (Å²) in [6, 6.07) is 16.1. The average molecular weight is 490 g/mol. The molecule has 0 atom stereocenters. The summed E-state index contributed by atoms with van der Waals surface area (Å²) < 4.78 is 3.20. The second-order valence-corrected chi connectivity index (χ2v) is 10.4. The molecule has 0 radical (unpaired) electrons. The lowest BCUT2D eigenvalue weighted by atomic mass is 10.1. The van der Waals surface area contributed by atoms with Gasteiger partial charge in [0.1, 0.15) is 0 Å². The first-order chi connectivity index (χ1) is 17.3. The van der Waals surface area contributed by atoms with Crippen LogP contribution in [0.15, 0.2) is 54.7 Å². The molecule has 4 aromatic rings. The number of thiazole rings is 1. The van der Waals surface area contributed by atoms with Gasteiger partial charge in [-0.15, -0.1) is 0 Å². The van der Waals surface area contributed by atoms with Crippen molar-refractivity contribution in [2.45, 2.75) is 38.5 Å². The number of amides is 1. The summed E-state index contributed by atoms with van der Waals surface area (Å²) in [5.41, 5.74) is 3.89. The first-order valence-electron chi connectivity index (χ1n) is 13.0. The number of carbonyl (C=O) groups is 1. The molecule has 7 heteroatoms. The number of carbonyl (C=O) groups excluding carboxylic acids is 1. The van der Waals surface area contributed by atoms with Crippen molar-refractivity contribution in [3.8, 4) is 11.3 Å². The molecule has 2 aliphatic heterocycles. The molecule has 0 bridgehead atoms. The molecule has 0 aliphatic carbocycles. The highest BCUT2D eigenvalue weighted by Crippen LogP contribution is 2.30. The van der Waals surface area contributed by atoms with E-state index in [9.17, 15) is 4.79 Å². The lowest BCUT2D eigenvalue weighted by molar-refractivity contribution is 0.0951. The number of aromatic nitrogens is 2. The summed E-state index contributed by atoms with van der Waals surface area (Å²) in [6.45, 7) is 6.71. The van der Waals surface area contributed by atoms with Crippen molar-refractivity contribution < 1.29 is 4.79 Å². The fraction of sp³-hybridized carbons (Fsp3) is 0.429. The van der Waals surface area contributed by atoms with E-state index >= 15 is 0 Å². The predicted molar refractivity (Wildman–Crippen MR) is 145 cm³/mol. The van der Waals surface area contributed by atoms with Crippen molar-refractivity contribution in [3.63, 3.8) is 0 Å². The number of nitrogens with one attached hydrogen (secondary N) is 2. The second-order valence-electron chi connectivity index (χ2n) is 9.40. The first kappa shape index (κ1) is 24.0. The van der Waals surface area contributed by atoms with Crippen LogP contribution in [0, 0.1) is 0 Å². The molecule has 2 aromatic carbocycles. The van der Waals surface area contributed by atoms with Gasteiger partial charge < -0.3 is 15.5 Å². The predicted octanol–water partition coefficient (Wildman–Crippen LogP) is 5.19. The maximum absolute atomic E-state index is 12.6. The van der Waals surface area contributed by atoms with Crippen molar-refractivity contribution in [2.75, 3.05) is 39.3 Å². The number of hydrogen-bond donors (Lipinski definition) is 2. The Morgan fingerprint density at radius 3 is 2.54 bits per heavy atom. The number of likely N-dealkylation sites (tertiary alicyclic amines) is 1. The van der Waals surface area contributed by atoms with Gasteiger partial charge in [-0.1, -0.05) is 48.1 Å². The summed E-state index contributed by atoms with van der Waals surface area (Å²) in [7, 11) is 0. The van der Waals surface area contributed by atoms with E-state index < -0.39 is 0 Å². The molecular formula is C28H35N5OS. The zero-order valence-electron chi connectivity index (χ0n) is 20.3. The third-order valence-electron chi connectivity index (χ3n) is 6.77. The molecule has 0 saturated carbocycles. The average Bonchev–Trinajstić information content (AvgIpc) is 3.67.